The Balaban J connectivity index is 2.28. The first-order valence-electron chi connectivity index (χ1n) is 7.46. The average molecular weight is 302 g/mol. The maximum absolute atomic E-state index is 12.4. The third kappa shape index (κ3) is 3.33. The van der Waals surface area contributed by atoms with Crippen LogP contribution in [0, 0.1) is 5.92 Å². The minimum Gasteiger partial charge on any atom is -0.335 e. The molecule has 0 bridgehead atoms. The van der Waals surface area contributed by atoms with Crippen LogP contribution in [-0.4, -0.2) is 33.4 Å². The zero-order valence-electron chi connectivity index (χ0n) is 13.2. The fourth-order valence-corrected chi connectivity index (χ4v) is 2.25. The number of fused-ring (bicyclic) bond motifs is 1. The molecule has 0 spiro atoms. The topological polar surface area (TPSA) is 92.1 Å². The van der Waals surface area contributed by atoms with Crippen LogP contribution in [-0.2, 0) is 11.3 Å². The van der Waals surface area contributed by atoms with Crippen LogP contribution in [0.3, 0.4) is 0 Å². The second kappa shape index (κ2) is 6.70. The van der Waals surface area contributed by atoms with Gasteiger partial charge in [0, 0.05) is 12.6 Å². The van der Waals surface area contributed by atoms with E-state index in [2.05, 4.69) is 9.97 Å². The summed E-state index contributed by atoms with van der Waals surface area (Å²) in [5, 5.41) is 0.546. The highest BCUT2D eigenvalue weighted by atomic mass is 16.2. The van der Waals surface area contributed by atoms with Gasteiger partial charge in [-0.2, -0.15) is 0 Å². The van der Waals surface area contributed by atoms with Crippen LogP contribution in [0.25, 0.3) is 10.9 Å². The van der Waals surface area contributed by atoms with Crippen molar-refractivity contribution >= 4 is 16.8 Å². The number of nitrogens with zero attached hydrogens (tertiary/aromatic N) is 2. The average Bonchev–Trinajstić information content (AvgIpc) is 2.51. The Bertz CT molecular complexity index is 723. The zero-order chi connectivity index (χ0) is 16.3. The summed E-state index contributed by atoms with van der Waals surface area (Å²) in [6.07, 6.45) is 0. The van der Waals surface area contributed by atoms with Crippen molar-refractivity contribution in [3.8, 4) is 0 Å². The van der Waals surface area contributed by atoms with Crippen LogP contribution in [0.15, 0.2) is 29.1 Å². The van der Waals surface area contributed by atoms with E-state index in [0.29, 0.717) is 23.3 Å². The molecular weight excluding hydrogens is 280 g/mol. The Morgan fingerprint density at radius 1 is 1.36 bits per heavy atom. The molecule has 1 aromatic heterocycles. The largest absolute Gasteiger partial charge is 0.335 e. The molecule has 2 rings (SSSR count). The third-order valence-electron chi connectivity index (χ3n) is 3.87. The number of H-pyrrole nitrogens is 1. The van der Waals surface area contributed by atoms with Crippen LogP contribution in [0.1, 0.15) is 26.6 Å². The van der Waals surface area contributed by atoms with E-state index in [1.54, 1.807) is 23.1 Å². The molecule has 1 amide bonds. The molecular formula is C16H22N4O2. The summed E-state index contributed by atoms with van der Waals surface area (Å²) in [6, 6.07) is 6.93. The summed E-state index contributed by atoms with van der Waals surface area (Å²) < 4.78 is 0. The number of nitrogens with two attached hydrogens (primary N) is 1. The summed E-state index contributed by atoms with van der Waals surface area (Å²) >= 11 is 0. The zero-order valence-corrected chi connectivity index (χ0v) is 13.2. The van der Waals surface area contributed by atoms with E-state index < -0.39 is 0 Å². The van der Waals surface area contributed by atoms with Gasteiger partial charge in [0.1, 0.15) is 5.82 Å². The number of hydrogen-bond acceptors (Lipinski definition) is 4. The number of aromatic nitrogens is 2. The monoisotopic (exact) mass is 302 g/mol. The number of rotatable bonds is 5. The van der Waals surface area contributed by atoms with Crippen LogP contribution in [0.4, 0.5) is 0 Å². The first-order chi connectivity index (χ1) is 10.4. The lowest BCUT2D eigenvalue weighted by molar-refractivity contribution is -0.136. The van der Waals surface area contributed by atoms with Gasteiger partial charge in [0.05, 0.1) is 23.4 Å². The minimum atomic E-state index is -0.271. The molecule has 0 fully saturated rings. The second-order valence-electron chi connectivity index (χ2n) is 5.53. The maximum Gasteiger partial charge on any atom is 0.258 e. The van der Waals surface area contributed by atoms with E-state index in [0.717, 1.165) is 0 Å². The highest BCUT2D eigenvalue weighted by Gasteiger charge is 2.23. The smallest absolute Gasteiger partial charge is 0.258 e. The number of aromatic amines is 1. The summed E-state index contributed by atoms with van der Waals surface area (Å²) in [5.74, 6) is 0.177. The highest BCUT2D eigenvalue weighted by Crippen LogP contribution is 2.10. The summed E-state index contributed by atoms with van der Waals surface area (Å²) in [4.78, 5) is 33.3. The first kappa shape index (κ1) is 16.2. The molecule has 0 aliphatic rings. The van der Waals surface area contributed by atoms with Gasteiger partial charge in [-0.15, -0.1) is 0 Å². The minimum absolute atomic E-state index is 0.0340. The quantitative estimate of drug-likeness (QED) is 0.869. The van der Waals surface area contributed by atoms with Crippen molar-refractivity contribution in [2.24, 2.45) is 11.7 Å². The second-order valence-corrected chi connectivity index (χ2v) is 5.53. The fourth-order valence-electron chi connectivity index (χ4n) is 2.25. The molecule has 0 saturated carbocycles. The first-order valence-corrected chi connectivity index (χ1v) is 7.46. The van der Waals surface area contributed by atoms with Crippen molar-refractivity contribution in [1.29, 1.82) is 0 Å². The molecule has 0 radical (unpaired) electrons. The number of carbonyl (C=O) groups is 1. The Kier molecular flexibility index (Phi) is 4.92. The predicted molar refractivity (Wildman–Crippen MR) is 86.3 cm³/mol. The SMILES string of the molecule is CCN(Cc1nc2ccccc2c(=O)[nH]1)C(=O)C(C)C(C)N. The van der Waals surface area contributed by atoms with E-state index >= 15 is 0 Å². The van der Waals surface area contributed by atoms with Gasteiger partial charge in [-0.1, -0.05) is 19.1 Å². The lowest BCUT2D eigenvalue weighted by Crippen LogP contribution is -2.41. The van der Waals surface area contributed by atoms with Crippen molar-refractivity contribution in [3.63, 3.8) is 0 Å². The molecule has 118 valence electrons. The molecule has 22 heavy (non-hydrogen) atoms. The predicted octanol–water partition coefficient (Wildman–Crippen LogP) is 1.25. The molecule has 1 heterocycles. The molecule has 2 atom stereocenters. The maximum atomic E-state index is 12.4. The van der Waals surface area contributed by atoms with E-state index in [9.17, 15) is 9.59 Å². The standard InChI is InChI=1S/C16H22N4O2/c1-4-20(16(22)10(2)11(3)17)9-14-18-13-8-6-5-7-12(13)15(21)19-14/h5-8,10-11H,4,9,17H2,1-3H3,(H,18,19,21). The van der Waals surface area contributed by atoms with E-state index in [1.165, 1.54) is 0 Å². The van der Waals surface area contributed by atoms with Gasteiger partial charge in [-0.25, -0.2) is 4.98 Å². The molecule has 2 unspecified atom stereocenters. The molecule has 3 N–H and O–H groups in total. The molecule has 6 heteroatoms. The van der Waals surface area contributed by atoms with Crippen molar-refractivity contribution < 1.29 is 4.79 Å². The summed E-state index contributed by atoms with van der Waals surface area (Å²) in [5.41, 5.74) is 6.24. The van der Waals surface area contributed by atoms with Crippen molar-refractivity contribution in [2.75, 3.05) is 6.54 Å². The Hall–Kier alpha value is -2.21. The molecule has 2 aromatic rings. The van der Waals surface area contributed by atoms with Gasteiger partial charge in [-0.3, -0.25) is 9.59 Å². The summed E-state index contributed by atoms with van der Waals surface area (Å²) in [6.45, 7) is 6.32. The molecule has 6 nitrogen and oxygen atoms in total. The van der Waals surface area contributed by atoms with Crippen LogP contribution in [0.5, 0.6) is 0 Å². The van der Waals surface area contributed by atoms with Gasteiger partial charge in [0.2, 0.25) is 5.91 Å². The van der Waals surface area contributed by atoms with Crippen molar-refractivity contribution in [1.82, 2.24) is 14.9 Å². The van der Waals surface area contributed by atoms with Crippen molar-refractivity contribution in [2.45, 2.75) is 33.4 Å². The lowest BCUT2D eigenvalue weighted by atomic mass is 10.0. The lowest BCUT2D eigenvalue weighted by Gasteiger charge is -2.25. The molecule has 0 aliphatic carbocycles. The van der Waals surface area contributed by atoms with Crippen LogP contribution in [0.2, 0.25) is 0 Å². The number of hydrogen-bond donors (Lipinski definition) is 2. The number of nitrogens with one attached hydrogen (secondary N) is 1. The van der Waals surface area contributed by atoms with Gasteiger partial charge < -0.3 is 15.6 Å². The van der Waals surface area contributed by atoms with Gasteiger partial charge in [-0.05, 0) is 26.0 Å². The van der Waals surface area contributed by atoms with E-state index in [1.807, 2.05) is 26.8 Å². The van der Waals surface area contributed by atoms with Gasteiger partial charge in [0.25, 0.3) is 5.56 Å². The van der Waals surface area contributed by atoms with Crippen LogP contribution >= 0.6 is 0 Å². The molecule has 0 saturated heterocycles. The van der Waals surface area contributed by atoms with Crippen LogP contribution < -0.4 is 11.3 Å². The number of carbonyl (C=O) groups excluding carboxylic acids is 1. The van der Waals surface area contributed by atoms with E-state index in [4.69, 9.17) is 5.73 Å². The number of amides is 1. The summed E-state index contributed by atoms with van der Waals surface area (Å²) in [7, 11) is 0. The third-order valence-corrected chi connectivity index (χ3v) is 3.87. The molecule has 1 aromatic carbocycles. The Morgan fingerprint density at radius 3 is 2.68 bits per heavy atom. The van der Waals surface area contributed by atoms with Crippen molar-refractivity contribution in [3.05, 3.63) is 40.4 Å². The van der Waals surface area contributed by atoms with Gasteiger partial charge in [0.15, 0.2) is 0 Å². The number of benzene rings is 1. The normalized spacial score (nSPS) is 13.8. The van der Waals surface area contributed by atoms with Gasteiger partial charge >= 0.3 is 0 Å². The Labute approximate surface area is 129 Å². The highest BCUT2D eigenvalue weighted by molar-refractivity contribution is 5.79. The Morgan fingerprint density at radius 2 is 2.05 bits per heavy atom. The number of para-hydroxylation sites is 1. The molecule has 0 aliphatic heterocycles. The fraction of sp³-hybridized carbons (Fsp3) is 0.438. The van der Waals surface area contributed by atoms with E-state index in [-0.39, 0.29) is 30.0 Å².